The fourth-order valence-corrected chi connectivity index (χ4v) is 4.00. The fraction of sp³-hybridized carbons (Fsp3) is 1.00. The van der Waals surface area contributed by atoms with Crippen molar-refractivity contribution in [3.05, 3.63) is 0 Å². The molecule has 100 valence electrons. The number of hydrogen-bond donors (Lipinski definition) is 1. The first-order valence-electron chi connectivity index (χ1n) is 6.48. The summed E-state index contributed by atoms with van der Waals surface area (Å²) in [6.45, 7) is 3.93. The molecule has 0 radical (unpaired) electrons. The molecule has 0 aliphatic carbocycles. The Morgan fingerprint density at radius 2 is 1.94 bits per heavy atom. The predicted octanol–water partition coefficient (Wildman–Crippen LogP) is 0.874. The Hall–Kier alpha value is -0.170. The lowest BCUT2D eigenvalue weighted by Gasteiger charge is -2.29. The number of ether oxygens (including phenoxy) is 1. The second kappa shape index (κ2) is 5.65. The lowest BCUT2D eigenvalue weighted by molar-refractivity contribution is 0.0895. The summed E-state index contributed by atoms with van der Waals surface area (Å²) in [5, 5.41) is 0. The summed E-state index contributed by atoms with van der Waals surface area (Å²) >= 11 is 0. The number of hydrogen-bond acceptors (Lipinski definition) is 3. The Morgan fingerprint density at radius 1 is 1.24 bits per heavy atom. The first kappa shape index (κ1) is 13.3. The standard InChI is InChI=1S/C11H22N2O3S/c1-10(11-6-5-9-16-11)12-17(14,15)13-7-3-2-4-8-13/h10-12H,2-9H2,1H3/t10-,11+/m1/s1. The maximum Gasteiger partial charge on any atom is 0.279 e. The zero-order chi connectivity index (χ0) is 12.3. The molecule has 5 nitrogen and oxygen atoms in total. The molecule has 0 unspecified atom stereocenters. The molecule has 2 fully saturated rings. The Labute approximate surface area is 104 Å². The largest absolute Gasteiger partial charge is 0.377 e. The molecule has 0 amide bonds. The lowest BCUT2D eigenvalue weighted by Crippen LogP contribution is -2.49. The molecule has 1 N–H and O–H groups in total. The number of nitrogens with zero attached hydrogens (tertiary/aromatic N) is 1. The van der Waals surface area contributed by atoms with Crippen molar-refractivity contribution in [2.75, 3.05) is 19.7 Å². The van der Waals surface area contributed by atoms with Crippen LogP contribution in [0.4, 0.5) is 0 Å². The van der Waals surface area contributed by atoms with Gasteiger partial charge in [-0.3, -0.25) is 0 Å². The van der Waals surface area contributed by atoms with Crippen LogP contribution in [0.3, 0.4) is 0 Å². The highest BCUT2D eigenvalue weighted by atomic mass is 32.2. The number of piperidine rings is 1. The highest BCUT2D eigenvalue weighted by Gasteiger charge is 2.30. The van der Waals surface area contributed by atoms with Gasteiger partial charge in [-0.1, -0.05) is 6.42 Å². The van der Waals surface area contributed by atoms with Crippen LogP contribution in [-0.2, 0) is 14.9 Å². The van der Waals surface area contributed by atoms with Crippen LogP contribution in [0.1, 0.15) is 39.0 Å². The highest BCUT2D eigenvalue weighted by Crippen LogP contribution is 2.17. The van der Waals surface area contributed by atoms with Crippen molar-refractivity contribution in [1.29, 1.82) is 0 Å². The van der Waals surface area contributed by atoms with Crippen LogP contribution in [0.25, 0.3) is 0 Å². The van der Waals surface area contributed by atoms with E-state index in [0.29, 0.717) is 13.1 Å². The first-order chi connectivity index (χ1) is 8.09. The summed E-state index contributed by atoms with van der Waals surface area (Å²) in [5.41, 5.74) is 0. The van der Waals surface area contributed by atoms with Gasteiger partial charge in [-0.25, -0.2) is 0 Å². The molecule has 17 heavy (non-hydrogen) atoms. The van der Waals surface area contributed by atoms with E-state index < -0.39 is 10.2 Å². The zero-order valence-electron chi connectivity index (χ0n) is 10.4. The first-order valence-corrected chi connectivity index (χ1v) is 7.92. The average molecular weight is 262 g/mol. The van der Waals surface area contributed by atoms with Crippen LogP contribution in [-0.4, -0.2) is 44.6 Å². The molecule has 0 aromatic rings. The fourth-order valence-electron chi connectivity index (χ4n) is 2.49. The topological polar surface area (TPSA) is 58.6 Å². The summed E-state index contributed by atoms with van der Waals surface area (Å²) in [5.74, 6) is 0. The van der Waals surface area contributed by atoms with E-state index in [1.54, 1.807) is 4.31 Å². The molecule has 0 saturated carbocycles. The van der Waals surface area contributed by atoms with Gasteiger partial charge in [-0.15, -0.1) is 0 Å². The van der Waals surface area contributed by atoms with Gasteiger partial charge in [0.05, 0.1) is 6.10 Å². The van der Waals surface area contributed by atoms with Crippen LogP contribution >= 0.6 is 0 Å². The van der Waals surface area contributed by atoms with Crippen LogP contribution < -0.4 is 4.72 Å². The van der Waals surface area contributed by atoms with Gasteiger partial charge in [0.1, 0.15) is 0 Å². The predicted molar refractivity (Wildman–Crippen MR) is 65.9 cm³/mol. The van der Waals surface area contributed by atoms with E-state index in [1.807, 2.05) is 6.92 Å². The van der Waals surface area contributed by atoms with Crippen molar-refractivity contribution in [2.45, 2.75) is 51.2 Å². The third kappa shape index (κ3) is 3.40. The monoisotopic (exact) mass is 262 g/mol. The molecule has 2 aliphatic rings. The average Bonchev–Trinajstić information content (AvgIpc) is 2.83. The Balaban J connectivity index is 1.91. The zero-order valence-corrected chi connectivity index (χ0v) is 11.2. The van der Waals surface area contributed by atoms with Gasteiger partial charge in [0.15, 0.2) is 0 Å². The Bertz CT molecular complexity index is 333. The summed E-state index contributed by atoms with van der Waals surface area (Å²) in [4.78, 5) is 0. The molecule has 6 heteroatoms. The molecule has 0 spiro atoms. The van der Waals surface area contributed by atoms with Gasteiger partial charge in [-0.05, 0) is 32.6 Å². The molecule has 2 saturated heterocycles. The van der Waals surface area contributed by atoms with E-state index in [0.717, 1.165) is 38.7 Å². The minimum atomic E-state index is -3.32. The van der Waals surface area contributed by atoms with Crippen molar-refractivity contribution >= 4 is 10.2 Å². The van der Waals surface area contributed by atoms with Gasteiger partial charge in [-0.2, -0.15) is 17.4 Å². The molecular weight excluding hydrogens is 240 g/mol. The maximum absolute atomic E-state index is 12.1. The van der Waals surface area contributed by atoms with Gasteiger partial charge >= 0.3 is 0 Å². The second-order valence-electron chi connectivity index (χ2n) is 4.92. The van der Waals surface area contributed by atoms with Gasteiger partial charge in [0, 0.05) is 25.7 Å². The van der Waals surface area contributed by atoms with E-state index >= 15 is 0 Å². The summed E-state index contributed by atoms with van der Waals surface area (Å²) in [6.07, 6.45) is 5.08. The highest BCUT2D eigenvalue weighted by molar-refractivity contribution is 7.87. The maximum atomic E-state index is 12.1. The van der Waals surface area contributed by atoms with E-state index in [4.69, 9.17) is 4.74 Å². The second-order valence-corrected chi connectivity index (χ2v) is 6.62. The molecule has 2 aliphatic heterocycles. The third-order valence-corrected chi connectivity index (χ3v) is 5.23. The van der Waals surface area contributed by atoms with E-state index in [9.17, 15) is 8.42 Å². The molecule has 0 aromatic heterocycles. The normalized spacial score (nSPS) is 29.4. The van der Waals surface area contributed by atoms with E-state index in [-0.39, 0.29) is 12.1 Å². The van der Waals surface area contributed by atoms with Crippen LogP contribution in [0.2, 0.25) is 0 Å². The van der Waals surface area contributed by atoms with Crippen LogP contribution in [0.15, 0.2) is 0 Å². The summed E-state index contributed by atoms with van der Waals surface area (Å²) in [6, 6.07) is -0.135. The number of nitrogens with one attached hydrogen (secondary N) is 1. The lowest BCUT2D eigenvalue weighted by atomic mass is 10.1. The van der Waals surface area contributed by atoms with Crippen molar-refractivity contribution in [1.82, 2.24) is 9.03 Å². The van der Waals surface area contributed by atoms with Crippen molar-refractivity contribution in [3.63, 3.8) is 0 Å². The summed E-state index contributed by atoms with van der Waals surface area (Å²) in [7, 11) is -3.32. The van der Waals surface area contributed by atoms with Crippen molar-refractivity contribution in [3.8, 4) is 0 Å². The van der Waals surface area contributed by atoms with Gasteiger partial charge in [0.25, 0.3) is 10.2 Å². The van der Waals surface area contributed by atoms with E-state index in [2.05, 4.69) is 4.72 Å². The van der Waals surface area contributed by atoms with Crippen molar-refractivity contribution in [2.24, 2.45) is 0 Å². The molecule has 2 heterocycles. The molecule has 2 rings (SSSR count). The minimum Gasteiger partial charge on any atom is -0.377 e. The summed E-state index contributed by atoms with van der Waals surface area (Å²) < 4.78 is 34.0. The third-order valence-electron chi connectivity index (χ3n) is 3.51. The smallest absolute Gasteiger partial charge is 0.279 e. The number of rotatable bonds is 4. The Morgan fingerprint density at radius 3 is 2.53 bits per heavy atom. The minimum absolute atomic E-state index is 0.0366. The van der Waals surface area contributed by atoms with Crippen LogP contribution in [0, 0.1) is 0 Å². The molecule has 0 bridgehead atoms. The Kier molecular flexibility index (Phi) is 4.41. The molecule has 0 aromatic carbocycles. The quantitative estimate of drug-likeness (QED) is 0.818. The molecule has 2 atom stereocenters. The van der Waals surface area contributed by atoms with Gasteiger partial charge in [0.2, 0.25) is 0 Å². The SMILES string of the molecule is C[C@@H](NS(=O)(=O)N1CCCCC1)[C@@H]1CCCO1. The molecular formula is C11H22N2O3S. The van der Waals surface area contributed by atoms with Crippen molar-refractivity contribution < 1.29 is 13.2 Å². The van der Waals surface area contributed by atoms with Gasteiger partial charge < -0.3 is 4.74 Å². The van der Waals surface area contributed by atoms with Crippen LogP contribution in [0.5, 0.6) is 0 Å². The van der Waals surface area contributed by atoms with E-state index in [1.165, 1.54) is 0 Å².